The van der Waals surface area contributed by atoms with Crippen LogP contribution in [-0.2, 0) is 17.8 Å². The molecule has 1 aromatic heterocycles. The molecule has 0 radical (unpaired) electrons. The van der Waals surface area contributed by atoms with Crippen molar-refractivity contribution in [2.75, 3.05) is 19.7 Å². The number of nitrogens with zero attached hydrogens (tertiary/aromatic N) is 3. The van der Waals surface area contributed by atoms with Crippen molar-refractivity contribution in [2.45, 2.75) is 64.3 Å². The molecule has 7 nitrogen and oxygen atoms in total. The zero-order chi connectivity index (χ0) is 19.7. The molecule has 2 fully saturated rings. The molecule has 2 aliphatic heterocycles. The number of ether oxygens (including phenoxy) is 1. The Morgan fingerprint density at radius 2 is 1.96 bits per heavy atom. The highest BCUT2D eigenvalue weighted by molar-refractivity contribution is 5.92. The van der Waals surface area contributed by atoms with Gasteiger partial charge in [0.1, 0.15) is 0 Å². The van der Waals surface area contributed by atoms with E-state index in [1.54, 1.807) is 22.8 Å². The van der Waals surface area contributed by atoms with E-state index in [-0.39, 0.29) is 17.4 Å². The number of likely N-dealkylation sites (N-methyl/N-ethyl adjacent to an activating group) is 1. The van der Waals surface area contributed by atoms with Crippen LogP contribution in [0.25, 0.3) is 11.0 Å². The SMILES string of the molecule is CCN1CCCC1Cn1c(=O)n(CC2CCCCO2)c2cc(C(=O)O)ccc21. The molecule has 0 aliphatic carbocycles. The van der Waals surface area contributed by atoms with E-state index in [0.717, 1.165) is 57.3 Å². The van der Waals surface area contributed by atoms with E-state index < -0.39 is 5.97 Å². The maximum absolute atomic E-state index is 13.3. The van der Waals surface area contributed by atoms with E-state index in [4.69, 9.17) is 4.74 Å². The third kappa shape index (κ3) is 3.61. The summed E-state index contributed by atoms with van der Waals surface area (Å²) in [6, 6.07) is 5.36. The maximum atomic E-state index is 13.3. The number of fused-ring (bicyclic) bond motifs is 1. The molecule has 152 valence electrons. The predicted octanol–water partition coefficient (Wildman–Crippen LogP) is 2.55. The van der Waals surface area contributed by atoms with Crippen molar-refractivity contribution < 1.29 is 14.6 Å². The standard InChI is InChI=1S/C21H29N3O4/c1-2-22-10-5-6-16(22)13-23-18-9-8-15(20(25)26)12-19(18)24(21(23)27)14-17-7-3-4-11-28-17/h8-9,12,16-17H,2-7,10-11,13-14H2,1H3,(H,25,26). The average Bonchev–Trinajstić information content (AvgIpc) is 3.26. The van der Waals surface area contributed by atoms with Crippen molar-refractivity contribution in [3.05, 3.63) is 34.2 Å². The Morgan fingerprint density at radius 1 is 1.14 bits per heavy atom. The number of rotatable bonds is 6. The first kappa shape index (κ1) is 19.2. The van der Waals surface area contributed by atoms with Crippen molar-refractivity contribution in [2.24, 2.45) is 0 Å². The summed E-state index contributed by atoms with van der Waals surface area (Å²) in [7, 11) is 0. The molecule has 1 aromatic carbocycles. The summed E-state index contributed by atoms with van der Waals surface area (Å²) in [6.45, 7) is 6.07. The van der Waals surface area contributed by atoms with Crippen molar-refractivity contribution in [1.82, 2.24) is 14.0 Å². The molecule has 28 heavy (non-hydrogen) atoms. The van der Waals surface area contributed by atoms with Crippen LogP contribution >= 0.6 is 0 Å². The summed E-state index contributed by atoms with van der Waals surface area (Å²) in [5, 5.41) is 9.40. The molecule has 4 rings (SSSR count). The quantitative estimate of drug-likeness (QED) is 0.824. The van der Waals surface area contributed by atoms with Gasteiger partial charge in [0, 0.05) is 19.2 Å². The van der Waals surface area contributed by atoms with Gasteiger partial charge < -0.3 is 9.84 Å². The predicted molar refractivity (Wildman–Crippen MR) is 107 cm³/mol. The molecule has 1 N–H and O–H groups in total. The lowest BCUT2D eigenvalue weighted by Crippen LogP contribution is -2.37. The van der Waals surface area contributed by atoms with Crippen LogP contribution in [0.2, 0.25) is 0 Å². The molecule has 2 saturated heterocycles. The molecule has 2 aromatic rings. The minimum atomic E-state index is -0.976. The molecule has 2 unspecified atom stereocenters. The van der Waals surface area contributed by atoms with Crippen molar-refractivity contribution in [1.29, 1.82) is 0 Å². The summed E-state index contributed by atoms with van der Waals surface area (Å²) >= 11 is 0. The van der Waals surface area contributed by atoms with E-state index in [9.17, 15) is 14.7 Å². The molecule has 0 bridgehead atoms. The van der Waals surface area contributed by atoms with Crippen LogP contribution in [0.15, 0.2) is 23.0 Å². The van der Waals surface area contributed by atoms with Crippen molar-refractivity contribution in [3.63, 3.8) is 0 Å². The Labute approximate surface area is 164 Å². The number of aromatic carboxylic acids is 1. The largest absolute Gasteiger partial charge is 0.478 e. The molecule has 7 heteroatoms. The summed E-state index contributed by atoms with van der Waals surface area (Å²) in [5.74, 6) is -0.976. The second kappa shape index (κ2) is 8.09. The van der Waals surface area contributed by atoms with Gasteiger partial charge in [-0.2, -0.15) is 0 Å². The summed E-state index contributed by atoms with van der Waals surface area (Å²) in [4.78, 5) is 27.2. The van der Waals surface area contributed by atoms with E-state index >= 15 is 0 Å². The lowest BCUT2D eigenvalue weighted by atomic mass is 10.1. The number of aromatic nitrogens is 2. The summed E-state index contributed by atoms with van der Waals surface area (Å²) in [5.41, 5.74) is 1.66. The van der Waals surface area contributed by atoms with Gasteiger partial charge in [-0.25, -0.2) is 9.59 Å². The van der Waals surface area contributed by atoms with Gasteiger partial charge in [-0.1, -0.05) is 6.92 Å². The van der Waals surface area contributed by atoms with Gasteiger partial charge in [0.25, 0.3) is 0 Å². The number of carbonyl (C=O) groups is 1. The molecule has 0 saturated carbocycles. The van der Waals surface area contributed by atoms with Gasteiger partial charge in [0.15, 0.2) is 0 Å². The third-order valence-electron chi connectivity index (χ3n) is 6.22. The number of carboxylic acid groups (broad SMARTS) is 1. The second-order valence-electron chi connectivity index (χ2n) is 7.93. The fourth-order valence-corrected chi connectivity index (χ4v) is 4.69. The second-order valence-corrected chi connectivity index (χ2v) is 7.93. The Kier molecular flexibility index (Phi) is 5.55. The van der Waals surface area contributed by atoms with E-state index in [2.05, 4.69) is 11.8 Å². The highest BCUT2D eigenvalue weighted by atomic mass is 16.5. The lowest BCUT2D eigenvalue weighted by Gasteiger charge is -2.23. The topological polar surface area (TPSA) is 76.7 Å². The molecular formula is C21H29N3O4. The molecule has 2 aliphatic rings. The van der Waals surface area contributed by atoms with Crippen LogP contribution in [0.3, 0.4) is 0 Å². The fourth-order valence-electron chi connectivity index (χ4n) is 4.69. The molecule has 2 atom stereocenters. The van der Waals surface area contributed by atoms with E-state index in [1.165, 1.54) is 0 Å². The highest BCUT2D eigenvalue weighted by Crippen LogP contribution is 2.23. The number of likely N-dealkylation sites (tertiary alicyclic amines) is 1. The lowest BCUT2D eigenvalue weighted by molar-refractivity contribution is 0.00599. The number of hydrogen-bond donors (Lipinski definition) is 1. The monoisotopic (exact) mass is 387 g/mol. The van der Waals surface area contributed by atoms with Crippen LogP contribution in [0, 0.1) is 0 Å². The Bertz CT molecular complexity index is 910. The number of benzene rings is 1. The maximum Gasteiger partial charge on any atom is 0.335 e. The third-order valence-corrected chi connectivity index (χ3v) is 6.22. The van der Waals surface area contributed by atoms with Gasteiger partial charge in [-0.15, -0.1) is 0 Å². The first-order valence-corrected chi connectivity index (χ1v) is 10.4. The number of imidazole rings is 1. The minimum Gasteiger partial charge on any atom is -0.478 e. The molecular weight excluding hydrogens is 358 g/mol. The minimum absolute atomic E-state index is 0.0117. The Balaban J connectivity index is 1.74. The fraction of sp³-hybridized carbons (Fsp3) is 0.619. The number of hydrogen-bond acceptors (Lipinski definition) is 4. The van der Waals surface area contributed by atoms with Gasteiger partial charge in [-0.05, 0) is 63.4 Å². The average molecular weight is 387 g/mol. The number of carboxylic acids is 1. The Hall–Kier alpha value is -2.12. The van der Waals surface area contributed by atoms with E-state index in [0.29, 0.717) is 24.6 Å². The van der Waals surface area contributed by atoms with Crippen LogP contribution < -0.4 is 5.69 Å². The van der Waals surface area contributed by atoms with Gasteiger partial charge in [0.2, 0.25) is 0 Å². The molecule has 0 spiro atoms. The van der Waals surface area contributed by atoms with Crippen molar-refractivity contribution >= 4 is 17.0 Å². The normalized spacial score (nSPS) is 23.5. The zero-order valence-electron chi connectivity index (χ0n) is 16.5. The van der Waals surface area contributed by atoms with Gasteiger partial charge in [0.05, 0.1) is 29.2 Å². The van der Waals surface area contributed by atoms with Crippen LogP contribution in [0.1, 0.15) is 49.4 Å². The Morgan fingerprint density at radius 3 is 2.68 bits per heavy atom. The molecule has 0 amide bonds. The smallest absolute Gasteiger partial charge is 0.335 e. The van der Waals surface area contributed by atoms with Gasteiger partial charge in [-0.3, -0.25) is 14.0 Å². The van der Waals surface area contributed by atoms with E-state index in [1.807, 2.05) is 4.57 Å². The van der Waals surface area contributed by atoms with Crippen LogP contribution in [0.4, 0.5) is 0 Å². The summed E-state index contributed by atoms with van der Waals surface area (Å²) in [6.07, 6.45) is 5.36. The van der Waals surface area contributed by atoms with Crippen LogP contribution in [-0.4, -0.2) is 57.0 Å². The summed E-state index contributed by atoms with van der Waals surface area (Å²) < 4.78 is 9.41. The van der Waals surface area contributed by atoms with Crippen LogP contribution in [0.5, 0.6) is 0 Å². The first-order valence-electron chi connectivity index (χ1n) is 10.4. The molecule has 3 heterocycles. The zero-order valence-corrected chi connectivity index (χ0v) is 16.5. The first-order chi connectivity index (χ1) is 13.6. The van der Waals surface area contributed by atoms with Gasteiger partial charge >= 0.3 is 11.7 Å². The highest BCUT2D eigenvalue weighted by Gasteiger charge is 2.26. The van der Waals surface area contributed by atoms with Crippen molar-refractivity contribution in [3.8, 4) is 0 Å².